The van der Waals surface area contributed by atoms with Crippen molar-refractivity contribution in [2.45, 2.75) is 39.7 Å². The van der Waals surface area contributed by atoms with Gasteiger partial charge in [-0.3, -0.25) is 4.72 Å². The summed E-state index contributed by atoms with van der Waals surface area (Å²) >= 11 is 0. The van der Waals surface area contributed by atoms with Crippen LogP contribution >= 0.6 is 12.4 Å². The molecule has 1 aliphatic heterocycles. The van der Waals surface area contributed by atoms with Gasteiger partial charge < -0.3 is 15.4 Å². The van der Waals surface area contributed by atoms with Crippen molar-refractivity contribution in [3.63, 3.8) is 0 Å². The minimum atomic E-state index is -3.49. The van der Waals surface area contributed by atoms with E-state index >= 15 is 0 Å². The molecule has 0 saturated carbocycles. The van der Waals surface area contributed by atoms with Crippen LogP contribution in [-0.4, -0.2) is 48.3 Å². The molecule has 212 valence electrons. The number of ether oxygens (including phenoxy) is 1. The molecular weight excluding hydrogens is 548 g/mol. The van der Waals surface area contributed by atoms with Crippen LogP contribution in [-0.2, 0) is 10.0 Å². The normalized spacial score (nSPS) is 15.4. The molecule has 11 heteroatoms. The minimum absolute atomic E-state index is 0. The summed E-state index contributed by atoms with van der Waals surface area (Å²) in [6.45, 7) is 7.63. The molecule has 0 radical (unpaired) electrons. The van der Waals surface area contributed by atoms with Gasteiger partial charge >= 0.3 is 0 Å². The van der Waals surface area contributed by atoms with Crippen LogP contribution in [0.15, 0.2) is 60.9 Å². The molecule has 0 spiro atoms. The summed E-state index contributed by atoms with van der Waals surface area (Å²) in [5.41, 5.74) is 2.84. The largest absolute Gasteiger partial charge is 0.437 e. The monoisotopic (exact) mass is 582 g/mol. The summed E-state index contributed by atoms with van der Waals surface area (Å²) in [5.74, 6) is 1.64. The highest BCUT2D eigenvalue weighted by molar-refractivity contribution is 7.92. The molecule has 40 heavy (non-hydrogen) atoms. The predicted octanol–water partition coefficient (Wildman–Crippen LogP) is 5.78. The molecule has 0 bridgehead atoms. The highest BCUT2D eigenvalue weighted by Crippen LogP contribution is 2.38. The van der Waals surface area contributed by atoms with E-state index in [9.17, 15) is 8.42 Å². The smallest absolute Gasteiger partial charge is 0.232 e. The van der Waals surface area contributed by atoms with Gasteiger partial charge in [0.2, 0.25) is 21.9 Å². The van der Waals surface area contributed by atoms with E-state index in [4.69, 9.17) is 9.72 Å². The number of benzene rings is 2. The average Bonchev–Trinajstić information content (AvgIpc) is 2.90. The number of anilines is 2. The second-order valence-corrected chi connectivity index (χ2v) is 12.1. The summed E-state index contributed by atoms with van der Waals surface area (Å²) < 4.78 is 34.6. The molecule has 0 aliphatic carbocycles. The number of aryl methyl sites for hydroxylation is 1. The van der Waals surface area contributed by atoms with Gasteiger partial charge in [-0.2, -0.15) is 0 Å². The Hall–Kier alpha value is -3.47. The van der Waals surface area contributed by atoms with Crippen LogP contribution in [0.2, 0.25) is 0 Å². The van der Waals surface area contributed by atoms with Crippen molar-refractivity contribution in [3.8, 4) is 22.9 Å². The lowest BCUT2D eigenvalue weighted by Gasteiger charge is -2.23. The third-order valence-electron chi connectivity index (χ3n) is 6.56. The summed E-state index contributed by atoms with van der Waals surface area (Å²) in [5, 5.41) is 8.36. The molecule has 3 N–H and O–H groups in total. The number of hydrogen-bond acceptors (Lipinski definition) is 8. The van der Waals surface area contributed by atoms with E-state index in [-0.39, 0.29) is 30.1 Å². The molecule has 0 amide bonds. The predicted molar refractivity (Wildman–Crippen MR) is 163 cm³/mol. The van der Waals surface area contributed by atoms with Gasteiger partial charge in [-0.25, -0.2) is 23.4 Å². The molecule has 2 aromatic carbocycles. The van der Waals surface area contributed by atoms with E-state index in [1.54, 1.807) is 18.5 Å². The first kappa shape index (κ1) is 29.5. The van der Waals surface area contributed by atoms with Gasteiger partial charge in [0.25, 0.3) is 0 Å². The Bertz CT molecular complexity index is 1580. The lowest BCUT2D eigenvalue weighted by molar-refractivity contribution is 0.466. The van der Waals surface area contributed by atoms with Crippen molar-refractivity contribution in [2.24, 2.45) is 5.92 Å². The van der Waals surface area contributed by atoms with Crippen LogP contribution in [0.3, 0.4) is 0 Å². The van der Waals surface area contributed by atoms with E-state index < -0.39 is 10.0 Å². The van der Waals surface area contributed by atoms with Crippen LogP contribution < -0.4 is 20.1 Å². The first-order valence-corrected chi connectivity index (χ1v) is 14.9. The van der Waals surface area contributed by atoms with Gasteiger partial charge in [-0.05, 0) is 62.1 Å². The Morgan fingerprint density at radius 2 is 1.90 bits per heavy atom. The van der Waals surface area contributed by atoms with Gasteiger partial charge in [0, 0.05) is 35.8 Å². The van der Waals surface area contributed by atoms with Gasteiger partial charge in [0.05, 0.1) is 22.7 Å². The van der Waals surface area contributed by atoms with Crippen LogP contribution in [0.25, 0.3) is 22.0 Å². The van der Waals surface area contributed by atoms with Crippen molar-refractivity contribution >= 4 is 44.8 Å². The summed E-state index contributed by atoms with van der Waals surface area (Å²) in [6, 6.07) is 15.2. The van der Waals surface area contributed by atoms with Crippen LogP contribution in [0, 0.1) is 12.8 Å². The molecule has 1 unspecified atom stereocenters. The van der Waals surface area contributed by atoms with Crippen molar-refractivity contribution in [3.05, 3.63) is 66.5 Å². The molecule has 1 fully saturated rings. The van der Waals surface area contributed by atoms with Crippen LogP contribution in [0.1, 0.15) is 32.3 Å². The lowest BCUT2D eigenvalue weighted by Crippen LogP contribution is -2.38. The van der Waals surface area contributed by atoms with Crippen molar-refractivity contribution in [1.29, 1.82) is 0 Å². The van der Waals surface area contributed by atoms with Gasteiger partial charge in [-0.15, -0.1) is 12.4 Å². The first-order valence-electron chi connectivity index (χ1n) is 13.3. The van der Waals surface area contributed by atoms with E-state index in [1.807, 2.05) is 63.2 Å². The van der Waals surface area contributed by atoms with Crippen LogP contribution in [0.5, 0.6) is 11.6 Å². The summed E-state index contributed by atoms with van der Waals surface area (Å²) in [4.78, 5) is 13.7. The Morgan fingerprint density at radius 3 is 2.67 bits per heavy atom. The Balaban J connectivity index is 0.00000370. The molecular formula is C29H35ClN6O3S. The highest BCUT2D eigenvalue weighted by Gasteiger charge is 2.19. The van der Waals surface area contributed by atoms with Gasteiger partial charge in [0.1, 0.15) is 5.75 Å². The number of hydrogen-bond donors (Lipinski definition) is 3. The number of fused-ring (bicyclic) bond motifs is 1. The summed E-state index contributed by atoms with van der Waals surface area (Å²) in [7, 11) is -3.49. The van der Waals surface area contributed by atoms with Crippen molar-refractivity contribution in [1.82, 2.24) is 20.3 Å². The molecule has 5 rings (SSSR count). The maximum atomic E-state index is 12.7. The standard InChI is InChI=1S/C29H34N6O3S.ClH/c1-19(2)18-39(36,37)35-26-10-4-8-23-22(26)12-11-20(3)27(23)38-28-24(9-6-15-31-28)25-13-16-32-29(34-25)33-21-7-5-14-30-17-21;/h4,6,8-13,15-16,19,21,30,35H,5,7,14,17-18H2,1-3H3,(H,32,33,34);1H. The zero-order valence-electron chi connectivity index (χ0n) is 22.8. The molecule has 1 aliphatic rings. The summed E-state index contributed by atoms with van der Waals surface area (Å²) in [6.07, 6.45) is 5.59. The maximum Gasteiger partial charge on any atom is 0.232 e. The number of sulfonamides is 1. The number of nitrogens with one attached hydrogen (secondary N) is 3. The maximum absolute atomic E-state index is 12.7. The lowest BCUT2D eigenvalue weighted by atomic mass is 10.0. The SMILES string of the molecule is Cc1ccc2c(NS(=O)(=O)CC(C)C)cccc2c1Oc1ncccc1-c1ccnc(NC2CCCNC2)n1.Cl. The van der Waals surface area contributed by atoms with Gasteiger partial charge in [-0.1, -0.05) is 38.1 Å². The van der Waals surface area contributed by atoms with Crippen molar-refractivity contribution in [2.75, 3.05) is 28.9 Å². The van der Waals surface area contributed by atoms with Crippen molar-refractivity contribution < 1.29 is 13.2 Å². The molecule has 3 heterocycles. The van der Waals surface area contributed by atoms with Crippen LogP contribution in [0.4, 0.5) is 11.6 Å². The molecule has 1 atom stereocenters. The van der Waals surface area contributed by atoms with E-state index in [2.05, 4.69) is 25.3 Å². The quantitative estimate of drug-likeness (QED) is 0.227. The fraction of sp³-hybridized carbons (Fsp3) is 0.345. The second kappa shape index (κ2) is 12.8. The molecule has 1 saturated heterocycles. The second-order valence-electron chi connectivity index (χ2n) is 10.3. The zero-order chi connectivity index (χ0) is 27.4. The number of aromatic nitrogens is 3. The zero-order valence-corrected chi connectivity index (χ0v) is 24.5. The number of halogens is 1. The topological polar surface area (TPSA) is 118 Å². The molecule has 4 aromatic rings. The third-order valence-corrected chi connectivity index (χ3v) is 8.20. The molecule has 9 nitrogen and oxygen atoms in total. The minimum Gasteiger partial charge on any atom is -0.437 e. The van der Waals surface area contributed by atoms with E-state index in [0.29, 0.717) is 29.0 Å². The average molecular weight is 583 g/mol. The number of nitrogens with zero attached hydrogens (tertiary/aromatic N) is 3. The fourth-order valence-corrected chi connectivity index (χ4v) is 6.29. The Kier molecular flexibility index (Phi) is 9.44. The van der Waals surface area contributed by atoms with Gasteiger partial charge in [0.15, 0.2) is 0 Å². The Morgan fingerprint density at radius 1 is 1.05 bits per heavy atom. The number of pyridine rings is 1. The fourth-order valence-electron chi connectivity index (χ4n) is 4.81. The number of rotatable bonds is 9. The first-order chi connectivity index (χ1) is 18.8. The third kappa shape index (κ3) is 6.99. The van der Waals surface area contributed by atoms with E-state index in [0.717, 1.165) is 47.8 Å². The molecule has 2 aromatic heterocycles. The number of piperidine rings is 1. The highest BCUT2D eigenvalue weighted by atomic mass is 35.5. The van der Waals surface area contributed by atoms with E-state index in [1.165, 1.54) is 0 Å². The Labute approximate surface area is 241 Å².